The molecule has 1 aromatic rings. The van der Waals surface area contributed by atoms with Crippen LogP contribution < -0.4 is 4.90 Å². The average Bonchev–Trinajstić information content (AvgIpc) is 3.55. The van der Waals surface area contributed by atoms with E-state index < -0.39 is 35.6 Å². The summed E-state index contributed by atoms with van der Waals surface area (Å²) in [4.78, 5) is 44.9. The molecule has 3 saturated heterocycles. The maximum atomic E-state index is 14.5. The number of nitrogens with zero attached hydrogens (tertiary/aromatic N) is 2. The van der Waals surface area contributed by atoms with Crippen molar-refractivity contribution in [3.05, 3.63) is 54.1 Å². The second-order valence-electron chi connectivity index (χ2n) is 10.6. The molecule has 3 fully saturated rings. The number of hydrogen-bond acceptors (Lipinski definition) is 6. The molecule has 9 heteroatoms. The van der Waals surface area contributed by atoms with Crippen LogP contribution in [0.3, 0.4) is 0 Å². The Morgan fingerprint density at radius 2 is 2.05 bits per heavy atom. The van der Waals surface area contributed by atoms with Gasteiger partial charge in [-0.25, -0.2) is 0 Å². The second kappa shape index (κ2) is 12.7. The number of fused-ring (bicyclic) bond motifs is 1. The van der Waals surface area contributed by atoms with Gasteiger partial charge in [0.1, 0.15) is 11.6 Å². The zero-order valence-corrected chi connectivity index (χ0v) is 23.4. The largest absolute Gasteiger partial charge is 0.465 e. The van der Waals surface area contributed by atoms with Gasteiger partial charge in [-0.1, -0.05) is 35.9 Å². The van der Waals surface area contributed by atoms with Crippen LogP contribution in [0.5, 0.6) is 0 Å². The van der Waals surface area contributed by atoms with Gasteiger partial charge in [0.2, 0.25) is 5.91 Å². The number of unbranched alkanes of at least 4 members (excludes halogenated alkanes) is 3. The van der Waals surface area contributed by atoms with E-state index >= 15 is 0 Å². The lowest BCUT2D eigenvalue weighted by Crippen LogP contribution is -2.56. The third-order valence-corrected chi connectivity index (χ3v) is 8.50. The van der Waals surface area contributed by atoms with Gasteiger partial charge < -0.3 is 24.4 Å². The van der Waals surface area contributed by atoms with Gasteiger partial charge in [0.25, 0.3) is 5.91 Å². The number of allylic oxidation sites excluding steroid dienone is 1. The topological polar surface area (TPSA) is 96.4 Å². The number of ether oxygens (including phenoxy) is 2. The van der Waals surface area contributed by atoms with Crippen LogP contribution in [0.25, 0.3) is 0 Å². The third kappa shape index (κ3) is 5.39. The number of aryl methyl sites for hydroxylation is 1. The summed E-state index contributed by atoms with van der Waals surface area (Å²) in [6, 6.07) is 4.50. The fourth-order valence-corrected chi connectivity index (χ4v) is 6.85. The van der Waals surface area contributed by atoms with Crippen LogP contribution in [0, 0.1) is 18.8 Å². The van der Waals surface area contributed by atoms with E-state index in [9.17, 15) is 19.5 Å². The van der Waals surface area contributed by atoms with Crippen LogP contribution in [-0.4, -0.2) is 71.8 Å². The molecule has 0 aliphatic carbocycles. The molecule has 1 spiro atoms. The van der Waals surface area contributed by atoms with E-state index in [4.69, 9.17) is 21.1 Å². The number of carbonyl (C=O) groups is 3. The summed E-state index contributed by atoms with van der Waals surface area (Å²) < 4.78 is 12.1. The highest BCUT2D eigenvalue weighted by atomic mass is 35.5. The maximum Gasteiger partial charge on any atom is 0.312 e. The van der Waals surface area contributed by atoms with E-state index in [2.05, 4.69) is 13.2 Å². The summed E-state index contributed by atoms with van der Waals surface area (Å²) >= 11 is 6.58. The number of carbonyl (C=O) groups excluding carboxylic acids is 3. The van der Waals surface area contributed by atoms with E-state index in [-0.39, 0.29) is 38.1 Å². The van der Waals surface area contributed by atoms with Crippen molar-refractivity contribution in [1.29, 1.82) is 0 Å². The van der Waals surface area contributed by atoms with Gasteiger partial charge in [0.05, 0.1) is 35.3 Å². The van der Waals surface area contributed by atoms with E-state index in [0.717, 1.165) is 18.4 Å². The zero-order valence-electron chi connectivity index (χ0n) is 22.6. The number of benzene rings is 1. The summed E-state index contributed by atoms with van der Waals surface area (Å²) in [6.45, 7) is 10.1. The summed E-state index contributed by atoms with van der Waals surface area (Å²) in [5.41, 5.74) is 0.256. The monoisotopic (exact) mass is 558 g/mol. The van der Waals surface area contributed by atoms with Gasteiger partial charge in [0, 0.05) is 19.7 Å². The summed E-state index contributed by atoms with van der Waals surface area (Å²) in [7, 11) is 0. The van der Waals surface area contributed by atoms with Crippen LogP contribution in [0.4, 0.5) is 5.69 Å². The van der Waals surface area contributed by atoms with Crippen LogP contribution in [0.2, 0.25) is 5.02 Å². The molecule has 0 aromatic heterocycles. The average molecular weight is 559 g/mol. The zero-order chi connectivity index (χ0) is 28.2. The SMILES string of the molecule is C=CCCCCOC(=O)[C@@H]1[C@H]2C(=O)N(CCCCO)C(C(=O)N(CC=C)c3c(C)cccc3Cl)C23CC[C@H]1O3. The molecule has 39 heavy (non-hydrogen) atoms. The quantitative estimate of drug-likeness (QED) is 0.209. The van der Waals surface area contributed by atoms with Gasteiger partial charge >= 0.3 is 5.97 Å². The first-order valence-corrected chi connectivity index (χ1v) is 14.2. The molecule has 5 atom stereocenters. The lowest BCUT2D eigenvalue weighted by Gasteiger charge is -2.37. The molecule has 3 aliphatic rings. The Kier molecular flexibility index (Phi) is 9.51. The Labute approximate surface area is 235 Å². The van der Waals surface area contributed by atoms with Gasteiger partial charge in [-0.3, -0.25) is 14.4 Å². The highest BCUT2D eigenvalue weighted by Crippen LogP contribution is 2.59. The molecule has 2 amide bonds. The number of hydrogen-bond donors (Lipinski definition) is 1. The standard InChI is InChI=1S/C30H39ClN2O6/c1-4-6-7-10-19-38-29(37)23-22-14-15-30(39-22)24(23)27(35)33(17-8-9-18-34)26(30)28(36)32(16-5-2)25-20(3)12-11-13-21(25)31/h4-5,11-13,22-24,26,34H,1-2,6-10,14-19H2,3H3/t22-,23+,24+,26?,30?/m1/s1. The van der Waals surface area contributed by atoms with Crippen LogP contribution in [0.1, 0.15) is 50.5 Å². The van der Waals surface area contributed by atoms with E-state index in [0.29, 0.717) is 42.8 Å². The van der Waals surface area contributed by atoms with Gasteiger partial charge in [-0.15, -0.1) is 13.2 Å². The Morgan fingerprint density at radius 1 is 1.26 bits per heavy atom. The number of esters is 1. The molecule has 8 nitrogen and oxygen atoms in total. The molecule has 3 heterocycles. The second-order valence-corrected chi connectivity index (χ2v) is 11.0. The number of anilines is 1. The van der Waals surface area contributed by atoms with Crippen molar-refractivity contribution in [3.63, 3.8) is 0 Å². The molecular formula is C30H39ClN2O6. The normalized spacial score (nSPS) is 26.9. The Balaban J connectivity index is 1.68. The third-order valence-electron chi connectivity index (χ3n) is 8.20. The van der Waals surface area contributed by atoms with Crippen molar-refractivity contribution >= 4 is 35.1 Å². The molecule has 0 saturated carbocycles. The number of aliphatic hydroxyl groups excluding tert-OH is 1. The Hall–Kier alpha value is -2.68. The lowest BCUT2D eigenvalue weighted by atomic mass is 9.70. The van der Waals surface area contributed by atoms with E-state index in [1.54, 1.807) is 21.9 Å². The van der Waals surface area contributed by atoms with Crippen molar-refractivity contribution < 1.29 is 29.0 Å². The molecule has 0 radical (unpaired) electrons. The van der Waals surface area contributed by atoms with Crippen molar-refractivity contribution in [2.75, 3.05) is 31.2 Å². The van der Waals surface area contributed by atoms with Gasteiger partial charge in [-0.2, -0.15) is 0 Å². The first-order valence-electron chi connectivity index (χ1n) is 13.9. The fraction of sp³-hybridized carbons (Fsp3) is 0.567. The molecule has 2 unspecified atom stereocenters. The molecule has 1 N–H and O–H groups in total. The number of para-hydroxylation sites is 1. The molecule has 4 rings (SSSR count). The highest BCUT2D eigenvalue weighted by molar-refractivity contribution is 6.34. The Bertz CT molecular complexity index is 1090. The smallest absolute Gasteiger partial charge is 0.312 e. The lowest BCUT2D eigenvalue weighted by molar-refractivity contribution is -0.155. The van der Waals surface area contributed by atoms with Gasteiger partial charge in [-0.05, 0) is 63.5 Å². The summed E-state index contributed by atoms with van der Waals surface area (Å²) in [5.74, 6) is -2.56. The maximum absolute atomic E-state index is 14.5. The van der Waals surface area contributed by atoms with Crippen molar-refractivity contribution in [2.24, 2.45) is 11.8 Å². The molecular weight excluding hydrogens is 520 g/mol. The van der Waals surface area contributed by atoms with Crippen LogP contribution in [0.15, 0.2) is 43.5 Å². The number of halogens is 1. The predicted molar refractivity (Wildman–Crippen MR) is 149 cm³/mol. The van der Waals surface area contributed by atoms with E-state index in [1.807, 2.05) is 25.1 Å². The number of rotatable bonds is 14. The first kappa shape index (κ1) is 29.3. The van der Waals surface area contributed by atoms with Crippen LogP contribution >= 0.6 is 11.6 Å². The van der Waals surface area contributed by atoms with Gasteiger partial charge in [0.15, 0.2) is 0 Å². The van der Waals surface area contributed by atoms with Crippen molar-refractivity contribution in [3.8, 4) is 0 Å². The molecule has 1 aromatic carbocycles. The minimum absolute atomic E-state index is 0.0179. The van der Waals surface area contributed by atoms with Crippen molar-refractivity contribution in [1.82, 2.24) is 4.90 Å². The van der Waals surface area contributed by atoms with Crippen molar-refractivity contribution in [2.45, 2.75) is 69.6 Å². The Morgan fingerprint density at radius 3 is 2.74 bits per heavy atom. The summed E-state index contributed by atoms with van der Waals surface area (Å²) in [5, 5.41) is 9.79. The minimum atomic E-state index is -1.13. The molecule has 212 valence electrons. The number of amides is 2. The fourth-order valence-electron chi connectivity index (χ4n) is 6.53. The van der Waals surface area contributed by atoms with E-state index in [1.165, 1.54) is 0 Å². The minimum Gasteiger partial charge on any atom is -0.465 e. The summed E-state index contributed by atoms with van der Waals surface area (Å²) in [6.07, 6.45) is 7.47. The number of likely N-dealkylation sites (tertiary alicyclic amines) is 1. The first-order chi connectivity index (χ1) is 18.8. The molecule has 3 aliphatic heterocycles. The predicted octanol–water partition coefficient (Wildman–Crippen LogP) is 4.21. The number of aliphatic hydroxyl groups is 1. The molecule has 2 bridgehead atoms. The highest BCUT2D eigenvalue weighted by Gasteiger charge is 2.75. The van der Waals surface area contributed by atoms with Crippen LogP contribution in [-0.2, 0) is 23.9 Å².